The Balaban J connectivity index is 2.06. The van der Waals surface area contributed by atoms with Gasteiger partial charge in [0.15, 0.2) is 0 Å². The lowest BCUT2D eigenvalue weighted by Gasteiger charge is -2.14. The molecule has 1 N–H and O–H groups in total. The highest BCUT2D eigenvalue weighted by molar-refractivity contribution is 7.89. The van der Waals surface area contributed by atoms with Crippen molar-refractivity contribution in [1.82, 2.24) is 14.5 Å². The first-order valence-electron chi connectivity index (χ1n) is 6.00. The Bertz CT molecular complexity index is 676. The SMILES string of the molecule is CO[C@@H](CNS(=O)(=O)c1cnn(C)c1)c1ccc(C)s1. The van der Waals surface area contributed by atoms with Crippen LogP contribution in [0.1, 0.15) is 15.9 Å². The molecule has 0 radical (unpaired) electrons. The van der Waals surface area contributed by atoms with Crippen LogP contribution in [0.25, 0.3) is 0 Å². The summed E-state index contributed by atoms with van der Waals surface area (Å²) in [5, 5.41) is 3.86. The van der Waals surface area contributed by atoms with Crippen LogP contribution in [0, 0.1) is 6.92 Å². The lowest BCUT2D eigenvalue weighted by Crippen LogP contribution is -2.28. The van der Waals surface area contributed by atoms with Crippen LogP contribution in [0.15, 0.2) is 29.4 Å². The standard InChI is InChI=1S/C12H17N3O3S2/c1-9-4-5-12(19-9)11(18-3)7-14-20(16,17)10-6-13-15(2)8-10/h4-6,8,11,14H,7H2,1-3H3/t11-/m0/s1. The van der Waals surface area contributed by atoms with Gasteiger partial charge in [0.25, 0.3) is 0 Å². The van der Waals surface area contributed by atoms with Crippen LogP contribution in [0.3, 0.4) is 0 Å². The Morgan fingerprint density at radius 1 is 1.50 bits per heavy atom. The average Bonchev–Trinajstić information content (AvgIpc) is 2.99. The van der Waals surface area contributed by atoms with E-state index >= 15 is 0 Å². The smallest absolute Gasteiger partial charge is 0.243 e. The van der Waals surface area contributed by atoms with E-state index in [2.05, 4.69) is 9.82 Å². The third kappa shape index (κ3) is 3.45. The van der Waals surface area contributed by atoms with Crippen molar-refractivity contribution in [2.45, 2.75) is 17.9 Å². The average molecular weight is 315 g/mol. The molecule has 0 aromatic carbocycles. The number of aromatic nitrogens is 2. The number of aryl methyl sites for hydroxylation is 2. The van der Waals surface area contributed by atoms with Crippen LogP contribution in [0.2, 0.25) is 0 Å². The summed E-state index contributed by atoms with van der Waals surface area (Å²) in [6.07, 6.45) is 2.49. The molecule has 2 heterocycles. The number of ether oxygens (including phenoxy) is 1. The number of sulfonamides is 1. The van der Waals surface area contributed by atoms with E-state index in [1.807, 2.05) is 19.1 Å². The van der Waals surface area contributed by atoms with Crippen molar-refractivity contribution < 1.29 is 13.2 Å². The van der Waals surface area contributed by atoms with Gasteiger partial charge in [0.2, 0.25) is 10.0 Å². The first kappa shape index (κ1) is 15.2. The normalized spacial score (nSPS) is 13.6. The Hall–Kier alpha value is -1.22. The number of thiophene rings is 1. The van der Waals surface area contributed by atoms with Gasteiger partial charge in [-0.25, -0.2) is 13.1 Å². The van der Waals surface area contributed by atoms with Gasteiger partial charge in [0.05, 0.1) is 6.20 Å². The van der Waals surface area contributed by atoms with Crippen molar-refractivity contribution in [1.29, 1.82) is 0 Å². The molecule has 0 fully saturated rings. The topological polar surface area (TPSA) is 73.2 Å². The Kier molecular flexibility index (Phi) is 4.59. The Morgan fingerprint density at radius 3 is 2.75 bits per heavy atom. The summed E-state index contributed by atoms with van der Waals surface area (Å²) in [7, 11) is -0.315. The van der Waals surface area contributed by atoms with E-state index in [1.165, 1.54) is 17.1 Å². The number of rotatable bonds is 6. The van der Waals surface area contributed by atoms with E-state index in [1.54, 1.807) is 25.5 Å². The van der Waals surface area contributed by atoms with Gasteiger partial charge < -0.3 is 4.74 Å². The van der Waals surface area contributed by atoms with Crippen LogP contribution in [0.5, 0.6) is 0 Å². The van der Waals surface area contributed by atoms with Gasteiger partial charge >= 0.3 is 0 Å². The zero-order chi connectivity index (χ0) is 14.8. The second-order valence-corrected chi connectivity index (χ2v) is 7.46. The zero-order valence-corrected chi connectivity index (χ0v) is 13.2. The molecule has 0 bridgehead atoms. The minimum absolute atomic E-state index is 0.150. The molecular weight excluding hydrogens is 298 g/mol. The molecule has 0 aliphatic carbocycles. The Labute approximate surface area is 122 Å². The number of hydrogen-bond donors (Lipinski definition) is 1. The highest BCUT2D eigenvalue weighted by Gasteiger charge is 2.20. The van der Waals surface area contributed by atoms with Crippen LogP contribution < -0.4 is 4.72 Å². The van der Waals surface area contributed by atoms with Crippen molar-refractivity contribution in [2.24, 2.45) is 7.05 Å². The van der Waals surface area contributed by atoms with Gasteiger partial charge in [-0.15, -0.1) is 11.3 Å². The second kappa shape index (κ2) is 6.04. The summed E-state index contributed by atoms with van der Waals surface area (Å²) >= 11 is 1.59. The van der Waals surface area contributed by atoms with Crippen LogP contribution in [-0.4, -0.2) is 31.9 Å². The van der Waals surface area contributed by atoms with E-state index < -0.39 is 10.0 Å². The third-order valence-electron chi connectivity index (χ3n) is 2.81. The highest BCUT2D eigenvalue weighted by atomic mass is 32.2. The van der Waals surface area contributed by atoms with Gasteiger partial charge in [0.1, 0.15) is 11.0 Å². The van der Waals surface area contributed by atoms with E-state index in [-0.39, 0.29) is 17.5 Å². The van der Waals surface area contributed by atoms with Crippen LogP contribution in [-0.2, 0) is 21.8 Å². The van der Waals surface area contributed by atoms with E-state index in [4.69, 9.17) is 4.74 Å². The molecule has 2 aromatic heterocycles. The van der Waals surface area contributed by atoms with E-state index in [0.717, 1.165) is 9.75 Å². The molecule has 20 heavy (non-hydrogen) atoms. The summed E-state index contributed by atoms with van der Waals surface area (Å²) in [4.78, 5) is 2.31. The zero-order valence-electron chi connectivity index (χ0n) is 11.5. The van der Waals surface area contributed by atoms with Gasteiger partial charge in [-0.3, -0.25) is 4.68 Å². The molecule has 0 aliphatic rings. The molecule has 0 aliphatic heterocycles. The summed E-state index contributed by atoms with van der Waals surface area (Å²) in [6.45, 7) is 2.19. The van der Waals surface area contributed by atoms with Crippen molar-refractivity contribution in [3.63, 3.8) is 0 Å². The molecule has 2 aromatic rings. The van der Waals surface area contributed by atoms with Crippen LogP contribution >= 0.6 is 11.3 Å². The fourth-order valence-corrected chi connectivity index (χ4v) is 3.70. The van der Waals surface area contributed by atoms with Gasteiger partial charge in [-0.1, -0.05) is 0 Å². The maximum atomic E-state index is 12.1. The molecule has 0 spiro atoms. The van der Waals surface area contributed by atoms with Crippen molar-refractivity contribution >= 4 is 21.4 Å². The quantitative estimate of drug-likeness (QED) is 0.876. The first-order chi connectivity index (χ1) is 9.42. The maximum absolute atomic E-state index is 12.1. The van der Waals surface area contributed by atoms with E-state index in [0.29, 0.717) is 0 Å². The summed E-state index contributed by atoms with van der Waals surface area (Å²) in [6, 6.07) is 3.94. The fourth-order valence-electron chi connectivity index (χ4n) is 1.73. The fraction of sp³-hybridized carbons (Fsp3) is 0.417. The number of nitrogens with one attached hydrogen (secondary N) is 1. The number of methoxy groups -OCH3 is 1. The molecule has 110 valence electrons. The monoisotopic (exact) mass is 315 g/mol. The van der Waals surface area contributed by atoms with Crippen LogP contribution in [0.4, 0.5) is 0 Å². The molecular formula is C12H17N3O3S2. The predicted molar refractivity (Wildman–Crippen MR) is 77.2 cm³/mol. The lowest BCUT2D eigenvalue weighted by molar-refractivity contribution is 0.110. The van der Waals surface area contributed by atoms with Crippen molar-refractivity contribution in [3.8, 4) is 0 Å². The minimum atomic E-state index is -3.55. The molecule has 0 saturated carbocycles. The highest BCUT2D eigenvalue weighted by Crippen LogP contribution is 2.24. The molecule has 6 nitrogen and oxygen atoms in total. The van der Waals surface area contributed by atoms with Gasteiger partial charge in [-0.2, -0.15) is 5.10 Å². The summed E-state index contributed by atoms with van der Waals surface area (Å²) < 4.78 is 33.5. The number of nitrogens with zero attached hydrogens (tertiary/aromatic N) is 2. The molecule has 0 saturated heterocycles. The molecule has 8 heteroatoms. The van der Waals surface area contributed by atoms with Crippen molar-refractivity contribution in [2.75, 3.05) is 13.7 Å². The predicted octanol–water partition coefficient (Wildman–Crippen LogP) is 1.46. The van der Waals surface area contributed by atoms with E-state index in [9.17, 15) is 8.42 Å². The molecule has 0 unspecified atom stereocenters. The number of hydrogen-bond acceptors (Lipinski definition) is 5. The summed E-state index contributed by atoms with van der Waals surface area (Å²) in [5.74, 6) is 0. The summed E-state index contributed by atoms with van der Waals surface area (Å²) in [5.41, 5.74) is 0. The minimum Gasteiger partial charge on any atom is -0.375 e. The second-order valence-electron chi connectivity index (χ2n) is 4.37. The largest absolute Gasteiger partial charge is 0.375 e. The maximum Gasteiger partial charge on any atom is 0.243 e. The van der Waals surface area contributed by atoms with Gasteiger partial charge in [-0.05, 0) is 19.1 Å². The first-order valence-corrected chi connectivity index (χ1v) is 8.30. The molecule has 1 atom stereocenters. The Morgan fingerprint density at radius 2 is 2.25 bits per heavy atom. The molecule has 2 rings (SSSR count). The lowest BCUT2D eigenvalue weighted by atomic mass is 10.3. The van der Waals surface area contributed by atoms with Crippen molar-refractivity contribution in [3.05, 3.63) is 34.3 Å². The molecule has 0 amide bonds. The van der Waals surface area contributed by atoms with Gasteiger partial charge in [0, 0.05) is 36.7 Å². The third-order valence-corrected chi connectivity index (χ3v) is 5.28.